The van der Waals surface area contributed by atoms with E-state index in [-0.39, 0.29) is 18.4 Å². The number of para-hydroxylation sites is 2. The Balaban J connectivity index is 1.34. The molecule has 0 aliphatic carbocycles. The lowest BCUT2D eigenvalue weighted by Gasteiger charge is -2.47. The van der Waals surface area contributed by atoms with Gasteiger partial charge in [0.05, 0.1) is 26.9 Å². The first-order chi connectivity index (χ1) is 17.7. The summed E-state index contributed by atoms with van der Waals surface area (Å²) < 4.78 is 11.1. The van der Waals surface area contributed by atoms with Crippen LogP contribution >= 0.6 is 0 Å². The number of hydrogen-bond acceptors (Lipinski definition) is 5. The molecular formula is C28H32N4O4. The highest BCUT2D eigenvalue weighted by atomic mass is 16.5. The van der Waals surface area contributed by atoms with Crippen molar-refractivity contribution in [2.45, 2.75) is 24.9 Å². The van der Waals surface area contributed by atoms with E-state index in [0.717, 1.165) is 67.0 Å². The van der Waals surface area contributed by atoms with E-state index in [4.69, 9.17) is 9.47 Å². The molecule has 0 bridgehead atoms. The van der Waals surface area contributed by atoms with E-state index in [1.54, 1.807) is 16.9 Å². The third-order valence-electron chi connectivity index (χ3n) is 7.78. The van der Waals surface area contributed by atoms with Gasteiger partial charge in [0.2, 0.25) is 11.8 Å². The minimum absolute atomic E-state index is 0.0221. The number of ether oxygens (including phenoxy) is 2. The molecule has 3 aliphatic rings. The summed E-state index contributed by atoms with van der Waals surface area (Å²) in [6.07, 6.45) is 1.36. The van der Waals surface area contributed by atoms with Gasteiger partial charge in [-0.2, -0.15) is 0 Å². The summed E-state index contributed by atoms with van der Waals surface area (Å²) in [6.45, 7) is 4.98. The first-order valence-corrected chi connectivity index (χ1v) is 12.8. The molecule has 6 rings (SSSR count). The Bertz CT molecular complexity index is 1280. The first kappa shape index (κ1) is 23.1. The van der Waals surface area contributed by atoms with Gasteiger partial charge in [-0.1, -0.05) is 36.4 Å². The molecule has 0 saturated carbocycles. The number of benzene rings is 2. The zero-order valence-electron chi connectivity index (χ0n) is 20.6. The number of methoxy groups -OCH3 is 1. The number of nitrogens with zero attached hydrogens (tertiary/aromatic N) is 3. The predicted molar refractivity (Wildman–Crippen MR) is 136 cm³/mol. The fourth-order valence-corrected chi connectivity index (χ4v) is 6.04. The van der Waals surface area contributed by atoms with Crippen LogP contribution in [-0.2, 0) is 20.7 Å². The van der Waals surface area contributed by atoms with Crippen LogP contribution in [-0.4, -0.2) is 90.6 Å². The summed E-state index contributed by atoms with van der Waals surface area (Å²) in [6, 6.07) is 15.0. The Morgan fingerprint density at radius 2 is 1.81 bits per heavy atom. The van der Waals surface area contributed by atoms with E-state index in [0.29, 0.717) is 18.7 Å². The van der Waals surface area contributed by atoms with E-state index in [1.165, 1.54) is 0 Å². The Kier molecular flexibility index (Phi) is 6.15. The summed E-state index contributed by atoms with van der Waals surface area (Å²) >= 11 is 0. The molecule has 188 valence electrons. The van der Waals surface area contributed by atoms with E-state index < -0.39 is 12.1 Å². The van der Waals surface area contributed by atoms with Gasteiger partial charge in [0, 0.05) is 54.8 Å². The molecule has 2 saturated heterocycles. The molecule has 1 N–H and O–H groups in total. The van der Waals surface area contributed by atoms with Crippen LogP contribution in [0.2, 0.25) is 0 Å². The molecule has 2 aromatic carbocycles. The molecule has 36 heavy (non-hydrogen) atoms. The van der Waals surface area contributed by atoms with Gasteiger partial charge >= 0.3 is 0 Å². The minimum Gasteiger partial charge on any atom is -0.496 e. The molecule has 1 aromatic heterocycles. The van der Waals surface area contributed by atoms with Crippen LogP contribution in [0.1, 0.15) is 29.3 Å². The van der Waals surface area contributed by atoms with Crippen molar-refractivity contribution in [1.82, 2.24) is 19.7 Å². The standard InChI is InChI=1S/C28H32N4O4/c1-35-24-10-5-3-8-20(24)27-26-21(19-7-2-4-9-22(19)29-26)17-23-28(34)31(18-25(33)32(23)27)12-6-11-30-13-15-36-16-14-30/h2-5,7-10,23,27,29H,6,11-18H2,1H3/t23-,27+/m0/s1. The molecule has 0 unspecified atom stereocenters. The number of amides is 2. The molecule has 3 aliphatic heterocycles. The average molecular weight is 489 g/mol. The maximum atomic E-state index is 13.8. The van der Waals surface area contributed by atoms with Gasteiger partial charge in [0.1, 0.15) is 17.8 Å². The highest BCUT2D eigenvalue weighted by Crippen LogP contribution is 2.44. The molecule has 8 nitrogen and oxygen atoms in total. The van der Waals surface area contributed by atoms with E-state index in [9.17, 15) is 9.59 Å². The highest BCUT2D eigenvalue weighted by molar-refractivity contribution is 5.97. The highest BCUT2D eigenvalue weighted by Gasteiger charge is 2.48. The van der Waals surface area contributed by atoms with Crippen LogP contribution in [0, 0.1) is 0 Å². The van der Waals surface area contributed by atoms with Crippen molar-refractivity contribution in [3.05, 3.63) is 65.4 Å². The Morgan fingerprint density at radius 3 is 2.64 bits per heavy atom. The summed E-state index contributed by atoms with van der Waals surface area (Å²) in [4.78, 5) is 37.1. The van der Waals surface area contributed by atoms with Gasteiger partial charge < -0.3 is 24.3 Å². The summed E-state index contributed by atoms with van der Waals surface area (Å²) in [5.74, 6) is 0.722. The molecule has 0 spiro atoms. The largest absolute Gasteiger partial charge is 0.496 e. The Morgan fingerprint density at radius 1 is 1.03 bits per heavy atom. The lowest BCUT2D eigenvalue weighted by molar-refractivity contribution is -0.158. The van der Waals surface area contributed by atoms with Crippen LogP contribution < -0.4 is 4.74 Å². The number of rotatable bonds is 6. The SMILES string of the molecule is COc1ccccc1[C@@H]1c2[nH]c3ccccc3c2C[C@H]2C(=O)N(CCCN3CCOCC3)CC(=O)N12. The quantitative estimate of drug-likeness (QED) is 0.577. The topological polar surface area (TPSA) is 78.1 Å². The fourth-order valence-electron chi connectivity index (χ4n) is 6.04. The molecule has 8 heteroatoms. The molecule has 0 radical (unpaired) electrons. The number of morpholine rings is 1. The second kappa shape index (κ2) is 9.59. The molecular weight excluding hydrogens is 456 g/mol. The number of carbonyl (C=O) groups excluding carboxylic acids is 2. The van der Waals surface area contributed by atoms with Crippen LogP contribution in [0.5, 0.6) is 5.75 Å². The first-order valence-electron chi connectivity index (χ1n) is 12.8. The second-order valence-corrected chi connectivity index (χ2v) is 9.80. The van der Waals surface area contributed by atoms with Crippen molar-refractivity contribution < 1.29 is 19.1 Å². The van der Waals surface area contributed by atoms with E-state index in [2.05, 4.69) is 16.0 Å². The van der Waals surface area contributed by atoms with Crippen molar-refractivity contribution in [3.63, 3.8) is 0 Å². The summed E-state index contributed by atoms with van der Waals surface area (Å²) in [5.41, 5.74) is 3.99. The third kappa shape index (κ3) is 3.94. The van der Waals surface area contributed by atoms with Crippen molar-refractivity contribution >= 4 is 22.7 Å². The minimum atomic E-state index is -0.531. The van der Waals surface area contributed by atoms with Crippen molar-refractivity contribution in [2.24, 2.45) is 0 Å². The third-order valence-corrected chi connectivity index (χ3v) is 7.78. The molecule has 2 amide bonds. The fraction of sp³-hybridized carbons (Fsp3) is 0.429. The lowest BCUT2D eigenvalue weighted by Crippen LogP contribution is -2.63. The van der Waals surface area contributed by atoms with Gasteiger partial charge in [-0.05, 0) is 24.1 Å². The van der Waals surface area contributed by atoms with Gasteiger partial charge in [0.15, 0.2) is 0 Å². The van der Waals surface area contributed by atoms with Gasteiger partial charge in [0.25, 0.3) is 0 Å². The number of piperazine rings is 1. The van der Waals surface area contributed by atoms with Crippen molar-refractivity contribution in [1.29, 1.82) is 0 Å². The normalized spacial score (nSPS) is 22.6. The zero-order valence-corrected chi connectivity index (χ0v) is 20.6. The van der Waals surface area contributed by atoms with Gasteiger partial charge in [-0.15, -0.1) is 0 Å². The number of fused-ring (bicyclic) bond motifs is 4. The second-order valence-electron chi connectivity index (χ2n) is 9.80. The number of hydrogen-bond donors (Lipinski definition) is 1. The van der Waals surface area contributed by atoms with Crippen molar-refractivity contribution in [2.75, 3.05) is 53.0 Å². The Labute approximate surface area is 210 Å². The molecule has 2 fully saturated rings. The van der Waals surface area contributed by atoms with Crippen LogP contribution in [0.25, 0.3) is 10.9 Å². The number of H-pyrrole nitrogens is 1. The number of nitrogens with one attached hydrogen (secondary N) is 1. The van der Waals surface area contributed by atoms with Crippen LogP contribution in [0.15, 0.2) is 48.5 Å². The number of aromatic amines is 1. The van der Waals surface area contributed by atoms with Gasteiger partial charge in [-0.25, -0.2) is 0 Å². The smallest absolute Gasteiger partial charge is 0.246 e. The number of carbonyl (C=O) groups is 2. The summed E-state index contributed by atoms with van der Waals surface area (Å²) in [5, 5.41) is 1.11. The molecule has 2 atom stereocenters. The Hall–Kier alpha value is -3.36. The van der Waals surface area contributed by atoms with Crippen LogP contribution in [0.4, 0.5) is 0 Å². The zero-order chi connectivity index (χ0) is 24.6. The lowest BCUT2D eigenvalue weighted by atomic mass is 9.86. The maximum Gasteiger partial charge on any atom is 0.246 e. The molecule has 4 heterocycles. The molecule has 3 aromatic rings. The monoisotopic (exact) mass is 488 g/mol. The summed E-state index contributed by atoms with van der Waals surface area (Å²) in [7, 11) is 1.64. The maximum absolute atomic E-state index is 13.8. The predicted octanol–water partition coefficient (Wildman–Crippen LogP) is 2.58. The number of aromatic nitrogens is 1. The van der Waals surface area contributed by atoms with Gasteiger partial charge in [-0.3, -0.25) is 14.5 Å². The van der Waals surface area contributed by atoms with E-state index >= 15 is 0 Å². The van der Waals surface area contributed by atoms with Crippen molar-refractivity contribution in [3.8, 4) is 5.75 Å². The van der Waals surface area contributed by atoms with E-state index in [1.807, 2.05) is 42.5 Å². The van der Waals surface area contributed by atoms with Crippen LogP contribution in [0.3, 0.4) is 0 Å². The average Bonchev–Trinajstić information content (AvgIpc) is 3.29.